The van der Waals surface area contributed by atoms with Crippen LogP contribution in [-0.2, 0) is 16.1 Å². The van der Waals surface area contributed by atoms with Crippen molar-refractivity contribution in [2.45, 2.75) is 6.54 Å². The number of esters is 1. The summed E-state index contributed by atoms with van der Waals surface area (Å²) in [4.78, 5) is 40.7. The Morgan fingerprint density at radius 2 is 1.86 bits per heavy atom. The van der Waals surface area contributed by atoms with Crippen LogP contribution >= 0.6 is 11.6 Å². The third kappa shape index (κ3) is 4.44. The lowest BCUT2D eigenvalue weighted by Crippen LogP contribution is -2.28. The van der Waals surface area contributed by atoms with Crippen LogP contribution in [0.25, 0.3) is 11.3 Å². The van der Waals surface area contributed by atoms with Gasteiger partial charge in [0.05, 0.1) is 30.4 Å². The predicted octanol–water partition coefficient (Wildman–Crippen LogP) is 2.99. The lowest BCUT2D eigenvalue weighted by Gasteiger charge is -2.10. The zero-order valence-corrected chi connectivity index (χ0v) is 15.6. The average molecular weight is 398 g/mol. The van der Waals surface area contributed by atoms with E-state index in [0.29, 0.717) is 16.4 Å². The maximum Gasteiger partial charge on any atom is 0.339 e. The molecular weight excluding hydrogens is 382 g/mol. The van der Waals surface area contributed by atoms with Gasteiger partial charge in [-0.05, 0) is 24.3 Å². The predicted molar refractivity (Wildman–Crippen MR) is 105 cm³/mol. The van der Waals surface area contributed by atoms with Gasteiger partial charge in [0.15, 0.2) is 0 Å². The van der Waals surface area contributed by atoms with Crippen molar-refractivity contribution < 1.29 is 14.3 Å². The van der Waals surface area contributed by atoms with Crippen molar-refractivity contribution in [1.82, 2.24) is 9.55 Å². The highest BCUT2D eigenvalue weighted by molar-refractivity contribution is 6.30. The van der Waals surface area contributed by atoms with Crippen molar-refractivity contribution in [3.63, 3.8) is 0 Å². The standard InChI is InChI=1S/C20H16ClN3O4/c1-28-20(27)15-4-2-3-5-16(15)23-18(25)11-24-12-22-17(10-19(24)26)13-6-8-14(21)9-7-13/h2-10,12H,11H2,1H3,(H,23,25). The Hall–Kier alpha value is -3.45. The van der Waals surface area contributed by atoms with E-state index in [1.165, 1.54) is 30.1 Å². The number of rotatable bonds is 5. The van der Waals surface area contributed by atoms with Gasteiger partial charge in [-0.3, -0.25) is 14.2 Å². The first kappa shape index (κ1) is 19.3. The molecule has 0 spiro atoms. The van der Waals surface area contributed by atoms with E-state index in [1.807, 2.05) is 0 Å². The first-order valence-electron chi connectivity index (χ1n) is 8.27. The molecule has 0 aliphatic carbocycles. The van der Waals surface area contributed by atoms with Gasteiger partial charge >= 0.3 is 5.97 Å². The van der Waals surface area contributed by atoms with Crippen LogP contribution in [0.5, 0.6) is 0 Å². The molecule has 1 N–H and O–H groups in total. The van der Waals surface area contributed by atoms with Gasteiger partial charge in [0, 0.05) is 16.7 Å². The number of nitrogens with one attached hydrogen (secondary N) is 1. The second kappa shape index (κ2) is 8.49. The van der Waals surface area contributed by atoms with Crippen LogP contribution in [0.3, 0.4) is 0 Å². The number of amides is 1. The first-order valence-corrected chi connectivity index (χ1v) is 8.65. The molecule has 0 fully saturated rings. The van der Waals surface area contributed by atoms with Crippen molar-refractivity contribution in [2.75, 3.05) is 12.4 Å². The van der Waals surface area contributed by atoms with Crippen LogP contribution in [-0.4, -0.2) is 28.5 Å². The summed E-state index contributed by atoms with van der Waals surface area (Å²) in [5, 5.41) is 3.20. The fourth-order valence-electron chi connectivity index (χ4n) is 2.55. The monoisotopic (exact) mass is 397 g/mol. The second-order valence-electron chi connectivity index (χ2n) is 5.83. The van der Waals surface area contributed by atoms with Crippen LogP contribution in [0.1, 0.15) is 10.4 Å². The Labute approximate surface area is 165 Å². The van der Waals surface area contributed by atoms with Gasteiger partial charge in [0.1, 0.15) is 6.54 Å². The van der Waals surface area contributed by atoms with Gasteiger partial charge in [-0.15, -0.1) is 0 Å². The smallest absolute Gasteiger partial charge is 0.339 e. The van der Waals surface area contributed by atoms with Gasteiger partial charge in [-0.1, -0.05) is 35.9 Å². The van der Waals surface area contributed by atoms with Crippen LogP contribution in [0.2, 0.25) is 5.02 Å². The Morgan fingerprint density at radius 3 is 2.54 bits per heavy atom. The molecule has 3 rings (SSSR count). The number of halogens is 1. The molecule has 2 aromatic carbocycles. The minimum atomic E-state index is -0.568. The lowest BCUT2D eigenvalue weighted by molar-refractivity contribution is -0.116. The molecule has 0 atom stereocenters. The van der Waals surface area contributed by atoms with E-state index in [4.69, 9.17) is 16.3 Å². The van der Waals surface area contributed by atoms with Crippen molar-refractivity contribution in [3.05, 3.63) is 81.9 Å². The summed E-state index contributed by atoms with van der Waals surface area (Å²) in [6, 6.07) is 14.7. The summed E-state index contributed by atoms with van der Waals surface area (Å²) < 4.78 is 5.87. The Morgan fingerprint density at radius 1 is 1.14 bits per heavy atom. The number of anilines is 1. The van der Waals surface area contributed by atoms with Crippen LogP contribution in [0.15, 0.2) is 65.7 Å². The molecule has 1 amide bonds. The van der Waals surface area contributed by atoms with Gasteiger partial charge in [0.2, 0.25) is 5.91 Å². The summed E-state index contributed by atoms with van der Waals surface area (Å²) in [6.07, 6.45) is 1.30. The van der Waals surface area contributed by atoms with Gasteiger partial charge in [-0.2, -0.15) is 0 Å². The number of nitrogens with zero attached hydrogens (tertiary/aromatic N) is 2. The molecule has 0 bridgehead atoms. The summed E-state index contributed by atoms with van der Waals surface area (Å²) in [6.45, 7) is -0.248. The maximum atomic E-state index is 12.3. The number of aromatic nitrogens is 2. The summed E-state index contributed by atoms with van der Waals surface area (Å²) in [5.74, 6) is -1.04. The minimum absolute atomic E-state index is 0.224. The molecule has 0 radical (unpaired) electrons. The molecule has 1 aromatic heterocycles. The van der Waals surface area contributed by atoms with Crippen molar-refractivity contribution in [3.8, 4) is 11.3 Å². The summed E-state index contributed by atoms with van der Waals surface area (Å²) >= 11 is 5.86. The lowest BCUT2D eigenvalue weighted by atomic mass is 10.1. The molecule has 0 saturated heterocycles. The second-order valence-corrected chi connectivity index (χ2v) is 6.27. The van der Waals surface area contributed by atoms with Crippen LogP contribution in [0.4, 0.5) is 5.69 Å². The Balaban J connectivity index is 1.76. The fourth-order valence-corrected chi connectivity index (χ4v) is 2.67. The summed E-state index contributed by atoms with van der Waals surface area (Å²) in [5.41, 5.74) is 1.37. The average Bonchev–Trinajstić information content (AvgIpc) is 2.70. The van der Waals surface area contributed by atoms with Crippen molar-refractivity contribution in [2.24, 2.45) is 0 Å². The van der Waals surface area contributed by atoms with Crippen LogP contribution in [0, 0.1) is 0 Å². The zero-order chi connectivity index (χ0) is 20.1. The zero-order valence-electron chi connectivity index (χ0n) is 14.9. The third-order valence-corrected chi connectivity index (χ3v) is 4.19. The normalized spacial score (nSPS) is 10.4. The Bertz CT molecular complexity index is 1080. The number of hydrogen-bond donors (Lipinski definition) is 1. The van der Waals surface area contributed by atoms with E-state index < -0.39 is 11.9 Å². The summed E-state index contributed by atoms with van der Waals surface area (Å²) in [7, 11) is 1.26. The topological polar surface area (TPSA) is 90.3 Å². The number of para-hydroxylation sites is 1. The first-order chi connectivity index (χ1) is 13.5. The van der Waals surface area contributed by atoms with Crippen molar-refractivity contribution >= 4 is 29.2 Å². The highest BCUT2D eigenvalue weighted by atomic mass is 35.5. The number of carbonyl (C=O) groups is 2. The van der Waals surface area contributed by atoms with Gasteiger partial charge in [-0.25, -0.2) is 9.78 Å². The number of hydrogen-bond acceptors (Lipinski definition) is 5. The van der Waals surface area contributed by atoms with Crippen LogP contribution < -0.4 is 10.9 Å². The van der Waals surface area contributed by atoms with E-state index in [0.717, 1.165) is 5.56 Å². The molecule has 0 aliphatic heterocycles. The minimum Gasteiger partial charge on any atom is -0.465 e. The van der Waals surface area contributed by atoms with Gasteiger partial charge in [0.25, 0.3) is 5.56 Å². The SMILES string of the molecule is COC(=O)c1ccccc1NC(=O)Cn1cnc(-c2ccc(Cl)cc2)cc1=O. The number of benzene rings is 2. The quantitative estimate of drug-likeness (QED) is 0.668. The molecule has 1 heterocycles. The number of methoxy groups -OCH3 is 1. The molecule has 28 heavy (non-hydrogen) atoms. The highest BCUT2D eigenvalue weighted by Gasteiger charge is 2.14. The largest absolute Gasteiger partial charge is 0.465 e. The van der Waals surface area contributed by atoms with E-state index in [1.54, 1.807) is 42.5 Å². The maximum absolute atomic E-state index is 12.3. The van der Waals surface area contributed by atoms with Crippen molar-refractivity contribution in [1.29, 1.82) is 0 Å². The molecule has 8 heteroatoms. The molecule has 0 saturated carbocycles. The molecule has 3 aromatic rings. The number of ether oxygens (including phenoxy) is 1. The molecule has 7 nitrogen and oxygen atoms in total. The molecular formula is C20H16ClN3O4. The van der Waals surface area contributed by atoms with Gasteiger partial charge < -0.3 is 10.1 Å². The van der Waals surface area contributed by atoms with E-state index in [9.17, 15) is 14.4 Å². The third-order valence-electron chi connectivity index (χ3n) is 3.94. The molecule has 142 valence electrons. The number of carbonyl (C=O) groups excluding carboxylic acids is 2. The highest BCUT2D eigenvalue weighted by Crippen LogP contribution is 2.18. The van der Waals surface area contributed by atoms with E-state index >= 15 is 0 Å². The molecule has 0 unspecified atom stereocenters. The fraction of sp³-hybridized carbons (Fsp3) is 0.100. The molecule has 0 aliphatic rings. The Kier molecular flexibility index (Phi) is 5.86. The van der Waals surface area contributed by atoms with E-state index in [-0.39, 0.29) is 17.7 Å². The van der Waals surface area contributed by atoms with E-state index in [2.05, 4.69) is 10.3 Å².